The molecule has 4 N–H and O–H groups in total. The van der Waals surface area contributed by atoms with Crippen LogP contribution in [0.5, 0.6) is 0 Å². The van der Waals surface area contributed by atoms with Crippen LogP contribution in [0, 0.1) is 0 Å². The predicted octanol–water partition coefficient (Wildman–Crippen LogP) is 2.46. The fourth-order valence-electron chi connectivity index (χ4n) is 3.68. The van der Waals surface area contributed by atoms with Gasteiger partial charge in [0, 0.05) is 24.6 Å². The first kappa shape index (κ1) is 16.3. The number of aliphatic carboxylic acids is 1. The quantitative estimate of drug-likeness (QED) is 0.546. The molecule has 1 aromatic rings. The number of rotatable bonds is 1. The van der Waals surface area contributed by atoms with Gasteiger partial charge >= 0.3 is 12.1 Å². The molecule has 0 aromatic heterocycles. The van der Waals surface area contributed by atoms with Crippen LogP contribution in [0.4, 0.5) is 10.5 Å². The molecule has 120 valence electrons. The number of carboxylic acids is 1. The standard InChI is InChI=1S/C16H22N2O4/c1-15(2,3)18(14(21)22)9-11-7-12(17)6-5-10(11)8-16(18,4)13(19)20/h5-7H,8-9,17H2,1-4H3,(H-,19,20,21,22)/p+1/t16?,18-/m0/s1. The molecule has 22 heavy (non-hydrogen) atoms. The fourth-order valence-corrected chi connectivity index (χ4v) is 3.68. The van der Waals surface area contributed by atoms with Crippen LogP contribution in [-0.4, -0.2) is 37.8 Å². The monoisotopic (exact) mass is 307 g/mol. The van der Waals surface area contributed by atoms with Crippen molar-refractivity contribution in [2.75, 3.05) is 5.73 Å². The summed E-state index contributed by atoms with van der Waals surface area (Å²) in [7, 11) is 0. The molecule has 0 aliphatic carbocycles. The number of carbonyl (C=O) groups is 2. The number of hydrogen-bond acceptors (Lipinski definition) is 3. The van der Waals surface area contributed by atoms with Gasteiger partial charge in [0.25, 0.3) is 0 Å². The summed E-state index contributed by atoms with van der Waals surface area (Å²) in [6, 6.07) is 5.27. The number of fused-ring (bicyclic) bond motifs is 1. The minimum absolute atomic E-state index is 0.0992. The van der Waals surface area contributed by atoms with Gasteiger partial charge in [-0.3, -0.25) is 0 Å². The summed E-state index contributed by atoms with van der Waals surface area (Å²) < 4.78 is -0.564. The molecule has 6 nitrogen and oxygen atoms in total. The van der Waals surface area contributed by atoms with Gasteiger partial charge in [-0.15, -0.1) is 0 Å². The predicted molar refractivity (Wildman–Crippen MR) is 82.3 cm³/mol. The Kier molecular flexibility index (Phi) is 3.49. The number of carboxylic acid groups (broad SMARTS) is 2. The lowest BCUT2D eigenvalue weighted by molar-refractivity contribution is -0.955. The van der Waals surface area contributed by atoms with Gasteiger partial charge in [-0.05, 0) is 38.5 Å². The minimum atomic E-state index is -1.45. The maximum atomic E-state index is 12.2. The molecule has 2 atom stereocenters. The van der Waals surface area contributed by atoms with E-state index < -0.39 is 27.6 Å². The van der Waals surface area contributed by atoms with Crippen LogP contribution >= 0.6 is 0 Å². The van der Waals surface area contributed by atoms with Crippen LogP contribution in [0.25, 0.3) is 0 Å². The number of nitrogen functional groups attached to an aromatic ring is 1. The molecular formula is C16H23N2O4+. The van der Waals surface area contributed by atoms with Crippen LogP contribution in [0.1, 0.15) is 38.8 Å². The maximum absolute atomic E-state index is 12.2. The summed E-state index contributed by atoms with van der Waals surface area (Å²) in [5.41, 5.74) is 5.77. The number of quaternary nitrogens is 1. The molecule has 1 amide bonds. The van der Waals surface area contributed by atoms with E-state index in [0.717, 1.165) is 11.1 Å². The number of anilines is 1. The van der Waals surface area contributed by atoms with E-state index in [0.29, 0.717) is 5.69 Å². The number of benzene rings is 1. The lowest BCUT2D eigenvalue weighted by Crippen LogP contribution is -2.77. The molecule has 0 saturated heterocycles. The van der Waals surface area contributed by atoms with E-state index in [1.165, 1.54) is 6.92 Å². The first-order valence-electron chi connectivity index (χ1n) is 7.18. The highest BCUT2D eigenvalue weighted by molar-refractivity contribution is 5.80. The average Bonchev–Trinajstić information content (AvgIpc) is 2.36. The third-order valence-electron chi connectivity index (χ3n) is 4.95. The highest BCUT2D eigenvalue weighted by Crippen LogP contribution is 2.45. The smallest absolute Gasteiger partial charge is 0.477 e. The molecule has 1 heterocycles. The first-order chi connectivity index (χ1) is 9.95. The summed E-state index contributed by atoms with van der Waals surface area (Å²) in [5, 5.41) is 19.8. The van der Waals surface area contributed by atoms with Crippen LogP contribution in [-0.2, 0) is 17.8 Å². The van der Waals surface area contributed by atoms with E-state index in [1.54, 1.807) is 39.0 Å². The third kappa shape index (κ3) is 1.98. The van der Waals surface area contributed by atoms with E-state index >= 15 is 0 Å². The Balaban J connectivity index is 2.79. The Labute approximate surface area is 129 Å². The second-order valence-corrected chi connectivity index (χ2v) is 7.21. The van der Waals surface area contributed by atoms with Crippen molar-refractivity contribution >= 4 is 17.7 Å². The number of nitrogens with two attached hydrogens (primary N) is 1. The van der Waals surface area contributed by atoms with Gasteiger partial charge in [-0.2, -0.15) is 4.79 Å². The van der Waals surface area contributed by atoms with Gasteiger partial charge in [-0.1, -0.05) is 6.07 Å². The summed E-state index contributed by atoms with van der Waals surface area (Å²) in [5.74, 6) is -1.10. The Hall–Kier alpha value is -2.08. The number of nitrogens with zero attached hydrogens (tertiary/aromatic N) is 1. The zero-order valence-electron chi connectivity index (χ0n) is 13.4. The molecule has 0 fully saturated rings. The van der Waals surface area contributed by atoms with Crippen molar-refractivity contribution in [1.82, 2.24) is 0 Å². The zero-order chi connectivity index (χ0) is 16.9. The lowest BCUT2D eigenvalue weighted by Gasteiger charge is -2.54. The van der Waals surface area contributed by atoms with Crippen LogP contribution in [0.3, 0.4) is 0 Å². The van der Waals surface area contributed by atoms with E-state index in [2.05, 4.69) is 0 Å². The summed E-state index contributed by atoms with van der Waals surface area (Å²) in [4.78, 5) is 24.2. The first-order valence-corrected chi connectivity index (χ1v) is 7.18. The summed E-state index contributed by atoms with van der Waals surface area (Å²) in [6.07, 6.45) is -0.980. The van der Waals surface area contributed by atoms with Crippen molar-refractivity contribution in [2.45, 2.75) is 51.7 Å². The fraction of sp³-hybridized carbons (Fsp3) is 0.500. The molecule has 1 unspecified atom stereocenters. The molecule has 1 aromatic carbocycles. The Bertz CT molecular complexity index is 650. The Morgan fingerprint density at radius 3 is 2.27 bits per heavy atom. The number of amides is 1. The van der Waals surface area contributed by atoms with Gasteiger partial charge in [0.15, 0.2) is 0 Å². The van der Waals surface area contributed by atoms with Crippen LogP contribution < -0.4 is 5.73 Å². The molecule has 6 heteroatoms. The topological polar surface area (TPSA) is 101 Å². The molecule has 0 saturated carbocycles. The van der Waals surface area contributed by atoms with Gasteiger partial charge < -0.3 is 15.9 Å². The summed E-state index contributed by atoms with van der Waals surface area (Å²) >= 11 is 0. The molecule has 0 bridgehead atoms. The molecule has 2 rings (SSSR count). The van der Waals surface area contributed by atoms with Crippen molar-refractivity contribution in [1.29, 1.82) is 0 Å². The molecule has 0 radical (unpaired) electrons. The number of hydrogen-bond donors (Lipinski definition) is 3. The largest absolute Gasteiger partial charge is 0.515 e. The highest BCUT2D eigenvalue weighted by Gasteiger charge is 2.66. The van der Waals surface area contributed by atoms with E-state index in [4.69, 9.17) is 5.73 Å². The highest BCUT2D eigenvalue weighted by atomic mass is 16.4. The molecule has 0 spiro atoms. The SMILES string of the molecule is CC(C)(C)[N@@+]1(C(=O)O)Cc2cc(N)ccc2CC1(C)C(=O)O. The van der Waals surface area contributed by atoms with Crippen molar-refractivity contribution < 1.29 is 24.3 Å². The van der Waals surface area contributed by atoms with E-state index in [-0.39, 0.29) is 13.0 Å². The van der Waals surface area contributed by atoms with Crippen LogP contribution in [0.15, 0.2) is 18.2 Å². The third-order valence-corrected chi connectivity index (χ3v) is 4.95. The van der Waals surface area contributed by atoms with Gasteiger partial charge in [0.1, 0.15) is 12.1 Å². The normalized spacial score (nSPS) is 28.0. The second kappa shape index (κ2) is 4.71. The van der Waals surface area contributed by atoms with E-state index in [9.17, 15) is 19.8 Å². The maximum Gasteiger partial charge on any atom is 0.515 e. The van der Waals surface area contributed by atoms with Crippen molar-refractivity contribution in [3.63, 3.8) is 0 Å². The Morgan fingerprint density at radius 1 is 1.23 bits per heavy atom. The van der Waals surface area contributed by atoms with Crippen molar-refractivity contribution in [3.8, 4) is 0 Å². The van der Waals surface area contributed by atoms with Gasteiger partial charge in [0.2, 0.25) is 5.54 Å². The van der Waals surface area contributed by atoms with E-state index in [1.807, 2.05) is 0 Å². The Morgan fingerprint density at radius 2 is 1.82 bits per heavy atom. The molecular weight excluding hydrogens is 284 g/mol. The average molecular weight is 307 g/mol. The zero-order valence-corrected chi connectivity index (χ0v) is 13.4. The van der Waals surface area contributed by atoms with Gasteiger partial charge in [0.05, 0.1) is 0 Å². The summed E-state index contributed by atoms with van der Waals surface area (Å²) in [6.45, 7) is 6.91. The minimum Gasteiger partial charge on any atom is -0.477 e. The van der Waals surface area contributed by atoms with Crippen molar-refractivity contribution in [3.05, 3.63) is 29.3 Å². The lowest BCUT2D eigenvalue weighted by atomic mass is 9.77. The van der Waals surface area contributed by atoms with Crippen molar-refractivity contribution in [2.24, 2.45) is 0 Å². The molecule has 1 aliphatic rings. The second-order valence-electron chi connectivity index (χ2n) is 7.21. The van der Waals surface area contributed by atoms with Crippen LogP contribution in [0.2, 0.25) is 0 Å². The van der Waals surface area contributed by atoms with Gasteiger partial charge in [-0.25, -0.2) is 9.28 Å². The molecule has 1 aliphatic heterocycles.